The van der Waals surface area contributed by atoms with E-state index in [1.807, 2.05) is 48.2 Å². The molecular weight excluding hydrogens is 348 g/mol. The van der Waals surface area contributed by atoms with Gasteiger partial charge in [0.05, 0.1) is 6.42 Å². The van der Waals surface area contributed by atoms with Crippen molar-refractivity contribution < 1.29 is 9.59 Å². The van der Waals surface area contributed by atoms with Gasteiger partial charge in [0.25, 0.3) is 0 Å². The number of amides is 2. The highest BCUT2D eigenvalue weighted by atomic mass is 35.5. The predicted molar refractivity (Wildman–Crippen MR) is 104 cm³/mol. The molecule has 0 spiro atoms. The molecule has 1 heterocycles. The lowest BCUT2D eigenvalue weighted by molar-refractivity contribution is -0.133. The Hall–Kier alpha value is -2.33. The van der Waals surface area contributed by atoms with Gasteiger partial charge in [-0.3, -0.25) is 9.59 Å². The van der Waals surface area contributed by atoms with Crippen LogP contribution in [0.2, 0.25) is 5.02 Å². The van der Waals surface area contributed by atoms with Gasteiger partial charge in [0.1, 0.15) is 0 Å². The van der Waals surface area contributed by atoms with Crippen LogP contribution >= 0.6 is 11.6 Å². The number of halogens is 1. The van der Waals surface area contributed by atoms with Crippen molar-refractivity contribution in [3.05, 3.63) is 64.7 Å². The van der Waals surface area contributed by atoms with Crippen molar-refractivity contribution in [1.82, 2.24) is 4.90 Å². The topological polar surface area (TPSA) is 49.4 Å². The largest absolute Gasteiger partial charge is 0.342 e. The number of rotatable bonds is 4. The van der Waals surface area contributed by atoms with Gasteiger partial charge in [-0.25, -0.2) is 0 Å². The highest BCUT2D eigenvalue weighted by molar-refractivity contribution is 6.30. The molecule has 0 radical (unpaired) electrons. The molecule has 1 aliphatic heterocycles. The molecule has 2 aromatic rings. The second-order valence-electron chi connectivity index (χ2n) is 6.82. The molecule has 1 saturated heterocycles. The van der Waals surface area contributed by atoms with E-state index in [1.54, 1.807) is 12.1 Å². The number of carbonyl (C=O) groups excluding carboxylic acids is 2. The molecule has 1 fully saturated rings. The van der Waals surface area contributed by atoms with Crippen molar-refractivity contribution in [3.8, 4) is 0 Å². The van der Waals surface area contributed by atoms with Crippen molar-refractivity contribution in [2.24, 2.45) is 5.92 Å². The standard InChI is InChI=1S/C21H23ClN2O2/c1-15-5-7-16(8-6-15)13-20(25)24-11-9-17(10-12-24)21(26)23-19-4-2-3-18(22)14-19/h2-8,14,17H,9-13H2,1H3,(H,23,26). The molecular formula is C21H23ClN2O2. The molecule has 1 aliphatic rings. The van der Waals surface area contributed by atoms with E-state index < -0.39 is 0 Å². The number of anilines is 1. The van der Waals surface area contributed by atoms with Crippen molar-refractivity contribution in [1.29, 1.82) is 0 Å². The summed E-state index contributed by atoms with van der Waals surface area (Å²) in [4.78, 5) is 26.8. The van der Waals surface area contributed by atoms with Gasteiger partial charge in [0.2, 0.25) is 11.8 Å². The van der Waals surface area contributed by atoms with Gasteiger partial charge in [-0.05, 0) is 43.5 Å². The molecule has 3 rings (SSSR count). The molecule has 2 amide bonds. The molecule has 0 aromatic heterocycles. The van der Waals surface area contributed by atoms with E-state index in [0.717, 1.165) is 5.56 Å². The zero-order valence-corrected chi connectivity index (χ0v) is 15.6. The normalized spacial score (nSPS) is 14.9. The molecule has 0 atom stereocenters. The lowest BCUT2D eigenvalue weighted by atomic mass is 9.95. The van der Waals surface area contributed by atoms with Crippen LogP contribution in [0.3, 0.4) is 0 Å². The van der Waals surface area contributed by atoms with E-state index in [9.17, 15) is 9.59 Å². The fourth-order valence-electron chi connectivity index (χ4n) is 3.19. The van der Waals surface area contributed by atoms with Gasteiger partial charge in [-0.1, -0.05) is 47.5 Å². The van der Waals surface area contributed by atoms with E-state index in [1.165, 1.54) is 5.56 Å². The number of aryl methyl sites for hydroxylation is 1. The maximum absolute atomic E-state index is 12.5. The Morgan fingerprint density at radius 1 is 1.12 bits per heavy atom. The molecule has 26 heavy (non-hydrogen) atoms. The summed E-state index contributed by atoms with van der Waals surface area (Å²) in [5.74, 6) is 0.0536. The number of benzene rings is 2. The van der Waals surface area contributed by atoms with Gasteiger partial charge in [0, 0.05) is 29.7 Å². The van der Waals surface area contributed by atoms with E-state index in [4.69, 9.17) is 11.6 Å². The fourth-order valence-corrected chi connectivity index (χ4v) is 3.38. The van der Waals surface area contributed by atoms with Crippen molar-refractivity contribution >= 4 is 29.1 Å². The van der Waals surface area contributed by atoms with Crippen LogP contribution in [-0.2, 0) is 16.0 Å². The summed E-state index contributed by atoms with van der Waals surface area (Å²) in [6.07, 6.45) is 1.79. The maximum atomic E-state index is 12.5. The van der Waals surface area contributed by atoms with Crippen LogP contribution in [0.25, 0.3) is 0 Å². The van der Waals surface area contributed by atoms with Crippen LogP contribution in [0.4, 0.5) is 5.69 Å². The molecule has 1 N–H and O–H groups in total. The lowest BCUT2D eigenvalue weighted by Gasteiger charge is -2.31. The summed E-state index contributed by atoms with van der Waals surface area (Å²) in [6.45, 7) is 3.28. The number of piperidine rings is 1. The highest BCUT2D eigenvalue weighted by Gasteiger charge is 2.27. The number of nitrogens with zero attached hydrogens (tertiary/aromatic N) is 1. The molecule has 136 valence electrons. The SMILES string of the molecule is Cc1ccc(CC(=O)N2CCC(C(=O)Nc3cccc(Cl)c3)CC2)cc1. The van der Waals surface area contributed by atoms with Gasteiger partial charge in [-0.15, -0.1) is 0 Å². The number of carbonyl (C=O) groups is 2. The van der Waals surface area contributed by atoms with Gasteiger partial charge < -0.3 is 10.2 Å². The van der Waals surface area contributed by atoms with E-state index in [0.29, 0.717) is 43.1 Å². The minimum absolute atomic E-state index is 0.00194. The van der Waals surface area contributed by atoms with Crippen molar-refractivity contribution in [3.63, 3.8) is 0 Å². The Balaban J connectivity index is 1.49. The number of hydrogen-bond donors (Lipinski definition) is 1. The van der Waals surface area contributed by atoms with Gasteiger partial charge >= 0.3 is 0 Å². The predicted octanol–water partition coefficient (Wildman–Crippen LogP) is 4.07. The Morgan fingerprint density at radius 3 is 2.46 bits per heavy atom. The molecule has 0 unspecified atom stereocenters. The highest BCUT2D eigenvalue weighted by Crippen LogP contribution is 2.21. The number of hydrogen-bond acceptors (Lipinski definition) is 2. The third-order valence-electron chi connectivity index (χ3n) is 4.79. The quantitative estimate of drug-likeness (QED) is 0.882. The summed E-state index contributed by atoms with van der Waals surface area (Å²) in [5, 5.41) is 3.51. The zero-order valence-electron chi connectivity index (χ0n) is 14.9. The van der Waals surface area contributed by atoms with E-state index >= 15 is 0 Å². The summed E-state index contributed by atoms with van der Waals surface area (Å²) in [6, 6.07) is 15.2. The number of nitrogens with one attached hydrogen (secondary N) is 1. The lowest BCUT2D eigenvalue weighted by Crippen LogP contribution is -2.42. The Labute approximate surface area is 159 Å². The Kier molecular flexibility index (Phi) is 5.94. The van der Waals surface area contributed by atoms with Gasteiger partial charge in [-0.2, -0.15) is 0 Å². The van der Waals surface area contributed by atoms with Crippen LogP contribution in [0.15, 0.2) is 48.5 Å². The van der Waals surface area contributed by atoms with Crippen LogP contribution < -0.4 is 5.32 Å². The molecule has 0 aliphatic carbocycles. The Morgan fingerprint density at radius 2 is 1.81 bits per heavy atom. The summed E-state index contributed by atoms with van der Waals surface area (Å²) in [5.41, 5.74) is 2.93. The minimum Gasteiger partial charge on any atom is -0.342 e. The third-order valence-corrected chi connectivity index (χ3v) is 5.02. The summed E-state index contributed by atoms with van der Waals surface area (Å²) < 4.78 is 0. The number of likely N-dealkylation sites (tertiary alicyclic amines) is 1. The smallest absolute Gasteiger partial charge is 0.227 e. The van der Waals surface area contributed by atoms with Crippen molar-refractivity contribution in [2.45, 2.75) is 26.2 Å². The molecule has 5 heteroatoms. The fraction of sp³-hybridized carbons (Fsp3) is 0.333. The molecule has 0 saturated carbocycles. The second kappa shape index (κ2) is 8.37. The van der Waals surface area contributed by atoms with Crippen LogP contribution in [0, 0.1) is 12.8 Å². The first kappa shape index (κ1) is 18.5. The minimum atomic E-state index is -0.0718. The second-order valence-corrected chi connectivity index (χ2v) is 7.25. The first-order valence-corrected chi connectivity index (χ1v) is 9.29. The molecule has 0 bridgehead atoms. The van der Waals surface area contributed by atoms with E-state index in [2.05, 4.69) is 5.32 Å². The van der Waals surface area contributed by atoms with Crippen LogP contribution in [0.5, 0.6) is 0 Å². The van der Waals surface area contributed by atoms with Crippen LogP contribution in [0.1, 0.15) is 24.0 Å². The average Bonchev–Trinajstić information content (AvgIpc) is 2.64. The van der Waals surface area contributed by atoms with E-state index in [-0.39, 0.29) is 17.7 Å². The average molecular weight is 371 g/mol. The van der Waals surface area contributed by atoms with Gasteiger partial charge in [0.15, 0.2) is 0 Å². The van der Waals surface area contributed by atoms with Crippen LogP contribution in [-0.4, -0.2) is 29.8 Å². The maximum Gasteiger partial charge on any atom is 0.227 e. The third kappa shape index (κ3) is 4.85. The summed E-state index contributed by atoms with van der Waals surface area (Å²) >= 11 is 5.95. The Bertz CT molecular complexity index is 781. The first-order valence-electron chi connectivity index (χ1n) is 8.91. The monoisotopic (exact) mass is 370 g/mol. The zero-order chi connectivity index (χ0) is 18.5. The summed E-state index contributed by atoms with van der Waals surface area (Å²) in [7, 11) is 0. The van der Waals surface area contributed by atoms with Crippen molar-refractivity contribution in [2.75, 3.05) is 18.4 Å². The molecule has 2 aromatic carbocycles. The molecule has 4 nitrogen and oxygen atoms in total. The first-order chi connectivity index (χ1) is 12.5.